The van der Waals surface area contributed by atoms with E-state index in [1.165, 1.54) is 0 Å². The zero-order valence-electron chi connectivity index (χ0n) is 9.92. The van der Waals surface area contributed by atoms with Gasteiger partial charge in [-0.1, -0.05) is 13.8 Å². The maximum Gasteiger partial charge on any atom is 0.242 e. The van der Waals surface area contributed by atoms with Crippen molar-refractivity contribution in [1.29, 1.82) is 0 Å². The second-order valence-corrected chi connectivity index (χ2v) is 5.04. The molecule has 82 valence electrons. The van der Waals surface area contributed by atoms with Gasteiger partial charge in [0, 0.05) is 13.1 Å². The van der Waals surface area contributed by atoms with Crippen molar-refractivity contribution in [2.75, 3.05) is 20.1 Å². The van der Waals surface area contributed by atoms with Crippen molar-refractivity contribution in [3.05, 3.63) is 0 Å². The predicted octanol–water partition coefficient (Wildman–Crippen LogP) is 1.10. The highest BCUT2D eigenvalue weighted by Gasteiger charge is 2.36. The van der Waals surface area contributed by atoms with Crippen LogP contribution in [0.25, 0.3) is 0 Å². The smallest absolute Gasteiger partial charge is 0.242 e. The Morgan fingerprint density at radius 3 is 2.07 bits per heavy atom. The third kappa shape index (κ3) is 2.08. The van der Waals surface area contributed by atoms with Gasteiger partial charge in [0.15, 0.2) is 0 Å². The summed E-state index contributed by atoms with van der Waals surface area (Å²) in [4.78, 5) is 14.0. The molecule has 1 saturated heterocycles. The van der Waals surface area contributed by atoms with Gasteiger partial charge in [0.2, 0.25) is 5.91 Å². The highest BCUT2D eigenvalue weighted by molar-refractivity contribution is 5.85. The summed E-state index contributed by atoms with van der Waals surface area (Å²) >= 11 is 0. The molecule has 1 rings (SSSR count). The Hall–Kier alpha value is -0.570. The van der Waals surface area contributed by atoms with Crippen molar-refractivity contribution in [3.8, 4) is 0 Å². The van der Waals surface area contributed by atoms with Gasteiger partial charge in [-0.2, -0.15) is 0 Å². The molecule has 1 amide bonds. The number of nitrogens with one attached hydrogen (secondary N) is 1. The Kier molecular flexibility index (Phi) is 3.20. The Labute approximate surface area is 86.9 Å². The molecule has 1 heterocycles. The zero-order valence-corrected chi connectivity index (χ0v) is 9.92. The van der Waals surface area contributed by atoms with Crippen LogP contribution in [-0.4, -0.2) is 36.5 Å². The van der Waals surface area contributed by atoms with E-state index in [1.54, 1.807) is 0 Å². The molecule has 0 aromatic heterocycles. The molecule has 2 unspecified atom stereocenters. The lowest BCUT2D eigenvalue weighted by Gasteiger charge is -2.28. The molecule has 0 saturated carbocycles. The maximum absolute atomic E-state index is 12.1. The lowest BCUT2D eigenvalue weighted by atomic mass is 10.0. The molecule has 0 aromatic rings. The summed E-state index contributed by atoms with van der Waals surface area (Å²) < 4.78 is 0. The van der Waals surface area contributed by atoms with Gasteiger partial charge < -0.3 is 10.2 Å². The fourth-order valence-electron chi connectivity index (χ4n) is 1.80. The molecule has 1 aliphatic heterocycles. The summed E-state index contributed by atoms with van der Waals surface area (Å²) in [6.45, 7) is 10.1. The van der Waals surface area contributed by atoms with Crippen LogP contribution in [-0.2, 0) is 4.79 Å². The summed E-state index contributed by atoms with van der Waals surface area (Å²) in [6.07, 6.45) is 0. The number of hydrogen-bond donors (Lipinski definition) is 1. The highest BCUT2D eigenvalue weighted by atomic mass is 16.2. The van der Waals surface area contributed by atoms with Gasteiger partial charge in [0.1, 0.15) is 0 Å². The second kappa shape index (κ2) is 3.89. The number of rotatable bonds is 2. The van der Waals surface area contributed by atoms with Crippen LogP contribution in [0.2, 0.25) is 0 Å². The van der Waals surface area contributed by atoms with E-state index in [2.05, 4.69) is 19.2 Å². The lowest BCUT2D eigenvalue weighted by Crippen LogP contribution is -2.52. The lowest BCUT2D eigenvalue weighted by molar-refractivity contribution is -0.136. The minimum atomic E-state index is -0.427. The fraction of sp³-hybridized carbons (Fsp3) is 0.909. The normalized spacial score (nSPS) is 28.2. The van der Waals surface area contributed by atoms with E-state index in [4.69, 9.17) is 0 Å². The van der Waals surface area contributed by atoms with Crippen LogP contribution >= 0.6 is 0 Å². The fourth-order valence-corrected chi connectivity index (χ4v) is 1.80. The number of likely N-dealkylation sites (N-methyl/N-ethyl adjacent to an activating group) is 1. The van der Waals surface area contributed by atoms with Gasteiger partial charge in [0.05, 0.1) is 5.54 Å². The van der Waals surface area contributed by atoms with Gasteiger partial charge in [-0.15, -0.1) is 0 Å². The van der Waals surface area contributed by atoms with Crippen molar-refractivity contribution in [2.24, 2.45) is 11.8 Å². The first-order valence-electron chi connectivity index (χ1n) is 5.36. The molecule has 2 atom stereocenters. The van der Waals surface area contributed by atoms with E-state index in [9.17, 15) is 4.79 Å². The van der Waals surface area contributed by atoms with Crippen LogP contribution in [0.1, 0.15) is 27.7 Å². The van der Waals surface area contributed by atoms with Gasteiger partial charge >= 0.3 is 0 Å². The van der Waals surface area contributed by atoms with Crippen LogP contribution in [0.15, 0.2) is 0 Å². The Morgan fingerprint density at radius 1 is 1.29 bits per heavy atom. The van der Waals surface area contributed by atoms with Crippen LogP contribution in [0.3, 0.4) is 0 Å². The summed E-state index contributed by atoms with van der Waals surface area (Å²) in [5.41, 5.74) is -0.427. The first-order valence-corrected chi connectivity index (χ1v) is 5.36. The van der Waals surface area contributed by atoms with Crippen molar-refractivity contribution in [3.63, 3.8) is 0 Å². The third-order valence-corrected chi connectivity index (χ3v) is 3.44. The van der Waals surface area contributed by atoms with Gasteiger partial charge in [-0.05, 0) is 32.7 Å². The zero-order chi connectivity index (χ0) is 10.9. The molecule has 3 nitrogen and oxygen atoms in total. The Bertz CT molecular complexity index is 215. The van der Waals surface area contributed by atoms with Gasteiger partial charge in [-0.3, -0.25) is 4.79 Å². The number of carbonyl (C=O) groups is 1. The Balaban J connectivity index is 2.64. The maximum atomic E-state index is 12.1. The highest BCUT2D eigenvalue weighted by Crippen LogP contribution is 2.24. The molecule has 0 bridgehead atoms. The van der Waals surface area contributed by atoms with E-state index >= 15 is 0 Å². The molecule has 0 aromatic carbocycles. The number of likely N-dealkylation sites (tertiary alicyclic amines) is 1. The third-order valence-electron chi connectivity index (χ3n) is 3.44. The molecule has 0 spiro atoms. The molecule has 0 aliphatic carbocycles. The predicted molar refractivity (Wildman–Crippen MR) is 58.0 cm³/mol. The van der Waals surface area contributed by atoms with Crippen LogP contribution < -0.4 is 5.32 Å². The molecule has 1 N–H and O–H groups in total. The second-order valence-electron chi connectivity index (χ2n) is 5.04. The quantitative estimate of drug-likeness (QED) is 0.720. The van der Waals surface area contributed by atoms with Crippen molar-refractivity contribution in [1.82, 2.24) is 10.2 Å². The van der Waals surface area contributed by atoms with Gasteiger partial charge in [0.25, 0.3) is 0 Å². The first-order chi connectivity index (χ1) is 6.38. The van der Waals surface area contributed by atoms with E-state index in [0.717, 1.165) is 13.1 Å². The Morgan fingerprint density at radius 2 is 1.71 bits per heavy atom. The summed E-state index contributed by atoms with van der Waals surface area (Å²) in [6, 6.07) is 0. The number of carbonyl (C=O) groups excluding carboxylic acids is 1. The number of amides is 1. The molecule has 3 heteroatoms. The minimum absolute atomic E-state index is 0.219. The topological polar surface area (TPSA) is 32.3 Å². The minimum Gasteiger partial charge on any atom is -0.341 e. The summed E-state index contributed by atoms with van der Waals surface area (Å²) in [7, 11) is 1.83. The van der Waals surface area contributed by atoms with Crippen molar-refractivity contribution in [2.45, 2.75) is 33.2 Å². The number of hydrogen-bond acceptors (Lipinski definition) is 2. The monoisotopic (exact) mass is 198 g/mol. The van der Waals surface area contributed by atoms with E-state index in [-0.39, 0.29) is 5.91 Å². The van der Waals surface area contributed by atoms with E-state index < -0.39 is 5.54 Å². The average Bonchev–Trinajstić information content (AvgIpc) is 2.45. The summed E-state index contributed by atoms with van der Waals surface area (Å²) in [5, 5.41) is 3.06. The molecule has 0 radical (unpaired) electrons. The van der Waals surface area contributed by atoms with Crippen LogP contribution in [0, 0.1) is 11.8 Å². The van der Waals surface area contributed by atoms with Crippen LogP contribution in [0.5, 0.6) is 0 Å². The van der Waals surface area contributed by atoms with Crippen LogP contribution in [0.4, 0.5) is 0 Å². The molecule has 14 heavy (non-hydrogen) atoms. The van der Waals surface area contributed by atoms with E-state index in [0.29, 0.717) is 11.8 Å². The number of nitrogens with zero attached hydrogens (tertiary/aromatic N) is 1. The summed E-state index contributed by atoms with van der Waals surface area (Å²) in [5.74, 6) is 1.48. The molecule has 1 aliphatic rings. The van der Waals surface area contributed by atoms with Gasteiger partial charge in [-0.25, -0.2) is 0 Å². The SMILES string of the molecule is CNC(C)(C)C(=O)N1CC(C)C(C)C1. The van der Waals surface area contributed by atoms with E-state index in [1.807, 2.05) is 25.8 Å². The molecular formula is C11H22N2O. The molecule has 1 fully saturated rings. The largest absolute Gasteiger partial charge is 0.341 e. The average molecular weight is 198 g/mol. The molecular weight excluding hydrogens is 176 g/mol. The van der Waals surface area contributed by atoms with Crippen molar-refractivity contribution >= 4 is 5.91 Å². The first kappa shape index (κ1) is 11.5. The standard InChI is InChI=1S/C11H22N2O/c1-8-6-13(7-9(8)2)10(14)11(3,4)12-5/h8-9,12H,6-7H2,1-5H3. The van der Waals surface area contributed by atoms with Crippen molar-refractivity contribution < 1.29 is 4.79 Å².